The fourth-order valence-electron chi connectivity index (χ4n) is 4.34. The molecule has 0 aromatic heterocycles. The van der Waals surface area contributed by atoms with Crippen molar-refractivity contribution in [3.05, 3.63) is 156 Å². The van der Waals surface area contributed by atoms with E-state index in [1.807, 2.05) is 6.07 Å². The van der Waals surface area contributed by atoms with E-state index in [0.29, 0.717) is 0 Å². The number of nitrogens with zero attached hydrogens (tertiary/aromatic N) is 1. The lowest BCUT2D eigenvalue weighted by Crippen LogP contribution is -2.06. The molecule has 4 aromatic carbocycles. The lowest BCUT2D eigenvalue weighted by molar-refractivity contribution is 1.20. The van der Waals surface area contributed by atoms with Crippen LogP contribution in [0.2, 0.25) is 0 Å². The first-order valence-electron chi connectivity index (χ1n) is 10.9. The van der Waals surface area contributed by atoms with Crippen LogP contribution in [0.1, 0.15) is 22.3 Å². The largest absolute Gasteiger partial charge is 0.351 e. The molecular weight excluding hydrogens is 386 g/mol. The zero-order valence-electron chi connectivity index (χ0n) is 18.1. The van der Waals surface area contributed by atoms with Crippen LogP contribution in [0.5, 0.6) is 0 Å². The molecule has 0 unspecified atom stereocenters. The number of anilines is 1. The zero-order valence-corrected chi connectivity index (χ0v) is 18.1. The number of para-hydroxylation sites is 1. The van der Waals surface area contributed by atoms with Gasteiger partial charge in [0, 0.05) is 18.9 Å². The fourth-order valence-corrected chi connectivity index (χ4v) is 4.34. The molecule has 0 fully saturated rings. The van der Waals surface area contributed by atoms with E-state index in [9.17, 15) is 0 Å². The van der Waals surface area contributed by atoms with Crippen molar-refractivity contribution in [3.63, 3.8) is 0 Å². The van der Waals surface area contributed by atoms with Crippen LogP contribution in [-0.2, 0) is 0 Å². The Kier molecular flexibility index (Phi) is 5.55. The third kappa shape index (κ3) is 3.81. The van der Waals surface area contributed by atoms with E-state index in [2.05, 4.69) is 139 Å². The van der Waals surface area contributed by atoms with E-state index in [1.165, 1.54) is 39.0 Å². The van der Waals surface area contributed by atoms with Gasteiger partial charge in [-0.15, -0.1) is 0 Å². The molecule has 154 valence electrons. The third-order valence-corrected chi connectivity index (χ3v) is 5.87. The molecule has 0 N–H and O–H groups in total. The average molecular weight is 412 g/mol. The minimum Gasteiger partial charge on any atom is -0.351 e. The molecular formula is C31H25N. The van der Waals surface area contributed by atoms with Gasteiger partial charge < -0.3 is 4.90 Å². The van der Waals surface area contributed by atoms with Crippen molar-refractivity contribution in [1.29, 1.82) is 0 Å². The van der Waals surface area contributed by atoms with Crippen molar-refractivity contribution in [2.24, 2.45) is 0 Å². The maximum absolute atomic E-state index is 2.25. The Morgan fingerprint density at radius 3 is 1.66 bits per heavy atom. The van der Waals surface area contributed by atoms with Gasteiger partial charge in [-0.3, -0.25) is 0 Å². The van der Waals surface area contributed by atoms with Crippen LogP contribution in [0, 0.1) is 0 Å². The second-order valence-corrected chi connectivity index (χ2v) is 7.90. The summed E-state index contributed by atoms with van der Waals surface area (Å²) in [5.74, 6) is 0. The quantitative estimate of drug-likeness (QED) is 0.325. The highest BCUT2D eigenvalue weighted by Crippen LogP contribution is 2.48. The van der Waals surface area contributed by atoms with Gasteiger partial charge in [0.15, 0.2) is 0 Å². The first kappa shape index (κ1) is 19.8. The molecule has 0 radical (unpaired) electrons. The van der Waals surface area contributed by atoms with E-state index in [-0.39, 0.29) is 0 Å². The normalized spacial score (nSPS) is 14.2. The second kappa shape index (κ2) is 8.95. The Balaban J connectivity index is 1.66. The maximum atomic E-state index is 2.25. The van der Waals surface area contributed by atoms with Crippen molar-refractivity contribution < 1.29 is 0 Å². The molecule has 1 nitrogen and oxygen atoms in total. The summed E-state index contributed by atoms with van der Waals surface area (Å²) in [6.07, 6.45) is 6.51. The second-order valence-electron chi connectivity index (χ2n) is 7.90. The number of benzene rings is 4. The van der Waals surface area contributed by atoms with Gasteiger partial charge in [0.25, 0.3) is 0 Å². The molecule has 0 bridgehead atoms. The predicted octanol–water partition coefficient (Wildman–Crippen LogP) is 7.69. The molecule has 32 heavy (non-hydrogen) atoms. The average Bonchev–Trinajstić information content (AvgIpc) is 3.20. The van der Waals surface area contributed by atoms with Gasteiger partial charge >= 0.3 is 0 Å². The number of allylic oxidation sites excluding steroid dienone is 4. The van der Waals surface area contributed by atoms with Crippen LogP contribution < -0.4 is 4.90 Å². The third-order valence-electron chi connectivity index (χ3n) is 5.87. The molecule has 0 amide bonds. The molecule has 0 saturated carbocycles. The SMILES string of the molecule is CN(/C=C/C=C1/C(c2ccccc2)=C(c2ccccc2)c2ccccc21)c1ccccc1. The van der Waals surface area contributed by atoms with Gasteiger partial charge in [0.2, 0.25) is 0 Å². The first-order chi connectivity index (χ1) is 15.8. The fraction of sp³-hybridized carbons (Fsp3) is 0.0323. The van der Waals surface area contributed by atoms with Crippen molar-refractivity contribution in [3.8, 4) is 0 Å². The van der Waals surface area contributed by atoms with Crippen LogP contribution >= 0.6 is 0 Å². The zero-order chi connectivity index (χ0) is 21.8. The van der Waals surface area contributed by atoms with Gasteiger partial charge in [-0.25, -0.2) is 0 Å². The lowest BCUT2D eigenvalue weighted by Gasteiger charge is -2.13. The molecule has 1 aliphatic carbocycles. The number of rotatable bonds is 5. The monoisotopic (exact) mass is 411 g/mol. The van der Waals surface area contributed by atoms with E-state index in [4.69, 9.17) is 0 Å². The first-order valence-corrected chi connectivity index (χ1v) is 10.9. The van der Waals surface area contributed by atoms with Crippen LogP contribution in [0.15, 0.2) is 134 Å². The van der Waals surface area contributed by atoms with Crippen LogP contribution in [0.3, 0.4) is 0 Å². The predicted molar refractivity (Wildman–Crippen MR) is 137 cm³/mol. The molecule has 0 saturated heterocycles. The summed E-state index contributed by atoms with van der Waals surface area (Å²) in [5.41, 5.74) is 10.0. The van der Waals surface area contributed by atoms with Gasteiger partial charge in [0.1, 0.15) is 0 Å². The molecule has 0 heterocycles. The van der Waals surface area contributed by atoms with Crippen LogP contribution in [0.25, 0.3) is 16.7 Å². The number of hydrogen-bond acceptors (Lipinski definition) is 1. The van der Waals surface area contributed by atoms with Crippen molar-refractivity contribution in [2.75, 3.05) is 11.9 Å². The molecule has 0 aliphatic heterocycles. The molecule has 4 aromatic rings. The van der Waals surface area contributed by atoms with Gasteiger partial charge in [-0.1, -0.05) is 109 Å². The standard InChI is InChI=1S/C31H25N/c1-32(26-18-9-4-10-19-26)23-13-22-29-27-20-11-12-21-28(27)30(24-14-5-2-6-15-24)31(29)25-16-7-3-8-17-25/h2-23H,1H3/b23-13+,29-22+. The van der Waals surface area contributed by atoms with E-state index < -0.39 is 0 Å². The summed E-state index contributed by atoms with van der Waals surface area (Å²) in [7, 11) is 2.08. The highest BCUT2D eigenvalue weighted by Gasteiger charge is 2.27. The van der Waals surface area contributed by atoms with Crippen molar-refractivity contribution >= 4 is 22.4 Å². The minimum absolute atomic E-state index is 1.16. The molecule has 0 spiro atoms. The van der Waals surface area contributed by atoms with E-state index in [0.717, 1.165) is 5.69 Å². The summed E-state index contributed by atoms with van der Waals surface area (Å²) in [5, 5.41) is 0. The van der Waals surface area contributed by atoms with Crippen molar-refractivity contribution in [2.45, 2.75) is 0 Å². The summed E-state index contributed by atoms with van der Waals surface area (Å²) in [6.45, 7) is 0. The van der Waals surface area contributed by atoms with E-state index >= 15 is 0 Å². The summed E-state index contributed by atoms with van der Waals surface area (Å²) in [4.78, 5) is 2.14. The molecule has 0 atom stereocenters. The minimum atomic E-state index is 1.16. The Labute approximate surface area is 190 Å². The topological polar surface area (TPSA) is 3.24 Å². The van der Waals surface area contributed by atoms with Gasteiger partial charge in [0.05, 0.1) is 0 Å². The van der Waals surface area contributed by atoms with Crippen LogP contribution in [0.4, 0.5) is 5.69 Å². The number of fused-ring (bicyclic) bond motifs is 1. The molecule has 1 aliphatic rings. The lowest BCUT2D eigenvalue weighted by atomic mass is 9.93. The Hall–Kier alpha value is -4.10. The van der Waals surface area contributed by atoms with Gasteiger partial charge in [-0.2, -0.15) is 0 Å². The summed E-state index contributed by atoms with van der Waals surface area (Å²) >= 11 is 0. The maximum Gasteiger partial charge on any atom is 0.0403 e. The molecule has 1 heteroatoms. The number of hydrogen-bond donors (Lipinski definition) is 0. The summed E-state index contributed by atoms with van der Waals surface area (Å²) < 4.78 is 0. The Bertz CT molecular complexity index is 1300. The smallest absolute Gasteiger partial charge is 0.0403 e. The highest BCUT2D eigenvalue weighted by molar-refractivity contribution is 6.24. The van der Waals surface area contributed by atoms with Crippen LogP contribution in [-0.4, -0.2) is 7.05 Å². The Morgan fingerprint density at radius 1 is 0.531 bits per heavy atom. The van der Waals surface area contributed by atoms with Crippen molar-refractivity contribution in [1.82, 2.24) is 0 Å². The van der Waals surface area contributed by atoms with Gasteiger partial charge in [-0.05, 0) is 57.2 Å². The highest BCUT2D eigenvalue weighted by atomic mass is 15.1. The van der Waals surface area contributed by atoms with E-state index in [1.54, 1.807) is 0 Å². The Morgan fingerprint density at radius 2 is 1.03 bits per heavy atom. The summed E-state index contributed by atoms with van der Waals surface area (Å²) in [6, 6.07) is 40.6. The molecule has 5 rings (SSSR count).